The van der Waals surface area contributed by atoms with Gasteiger partial charge in [-0.3, -0.25) is 9.36 Å². The maximum atomic E-state index is 13.9. The van der Waals surface area contributed by atoms with E-state index in [1.54, 1.807) is 11.5 Å². The third-order valence-electron chi connectivity index (χ3n) is 6.39. The molecule has 0 spiro atoms. The number of rotatable bonds is 6. The fourth-order valence-electron chi connectivity index (χ4n) is 4.52. The molecule has 1 aliphatic heterocycles. The normalized spacial score (nSPS) is 15.5. The summed E-state index contributed by atoms with van der Waals surface area (Å²) >= 11 is 1.33. The van der Waals surface area contributed by atoms with E-state index in [1.165, 1.54) is 16.9 Å². The van der Waals surface area contributed by atoms with Crippen LogP contribution in [0.15, 0.2) is 100 Å². The summed E-state index contributed by atoms with van der Waals surface area (Å²) in [4.78, 5) is 32.7. The standard InChI is InChI=1S/C31H28N2O3S/c1-4-36-30(35)26-27(23-11-7-5-8-12-23)32-31-33(28(26)24-13-9-6-10-14-24)29(34)25(37-31)19-21-15-17-22(18-16-21)20(2)3/h5-20,28H,4H2,1-3H3/b25-19-/t28-/m0/s1. The molecule has 2 heterocycles. The van der Waals surface area contributed by atoms with E-state index in [4.69, 9.17) is 9.73 Å². The minimum Gasteiger partial charge on any atom is -0.463 e. The van der Waals surface area contributed by atoms with Crippen molar-refractivity contribution in [3.8, 4) is 0 Å². The summed E-state index contributed by atoms with van der Waals surface area (Å²) in [6.45, 7) is 6.31. The van der Waals surface area contributed by atoms with Crippen LogP contribution in [0.4, 0.5) is 0 Å². The smallest absolute Gasteiger partial charge is 0.338 e. The molecule has 6 heteroatoms. The molecule has 0 bridgehead atoms. The molecule has 4 aromatic rings. The third-order valence-corrected chi connectivity index (χ3v) is 7.37. The van der Waals surface area contributed by atoms with E-state index >= 15 is 0 Å². The van der Waals surface area contributed by atoms with Crippen molar-refractivity contribution in [2.75, 3.05) is 6.61 Å². The van der Waals surface area contributed by atoms with Gasteiger partial charge in [0.25, 0.3) is 5.56 Å². The Labute approximate surface area is 219 Å². The van der Waals surface area contributed by atoms with Crippen molar-refractivity contribution in [3.63, 3.8) is 0 Å². The lowest BCUT2D eigenvalue weighted by Crippen LogP contribution is -2.39. The molecule has 0 N–H and O–H groups in total. The van der Waals surface area contributed by atoms with Crippen molar-refractivity contribution in [2.45, 2.75) is 32.7 Å². The first-order chi connectivity index (χ1) is 18.0. The van der Waals surface area contributed by atoms with Crippen LogP contribution in [0.2, 0.25) is 0 Å². The second-order valence-electron chi connectivity index (χ2n) is 9.16. The number of carbonyl (C=O) groups is 1. The lowest BCUT2D eigenvalue weighted by atomic mass is 9.93. The first-order valence-corrected chi connectivity index (χ1v) is 13.2. The van der Waals surface area contributed by atoms with Gasteiger partial charge in [0.2, 0.25) is 0 Å². The van der Waals surface area contributed by atoms with Gasteiger partial charge in [-0.2, -0.15) is 0 Å². The molecule has 1 aliphatic rings. The molecule has 0 saturated heterocycles. The Morgan fingerprint density at radius 1 is 1.00 bits per heavy atom. The van der Waals surface area contributed by atoms with Gasteiger partial charge in [-0.1, -0.05) is 110 Å². The molecule has 37 heavy (non-hydrogen) atoms. The van der Waals surface area contributed by atoms with Crippen LogP contribution < -0.4 is 14.9 Å². The molecule has 0 fully saturated rings. The second-order valence-corrected chi connectivity index (χ2v) is 10.2. The number of benzene rings is 3. The SMILES string of the molecule is CCOC(=O)C1=C(c2ccccc2)N=c2s/c(=C\c3ccc(C(C)C)cc3)c(=O)n2[C@H]1c1ccccc1. The minimum absolute atomic E-state index is 0.181. The molecule has 5 nitrogen and oxygen atoms in total. The van der Waals surface area contributed by atoms with Crippen LogP contribution >= 0.6 is 11.3 Å². The van der Waals surface area contributed by atoms with E-state index in [-0.39, 0.29) is 12.2 Å². The van der Waals surface area contributed by atoms with E-state index in [0.29, 0.717) is 26.5 Å². The number of ether oxygens (including phenoxy) is 1. The Morgan fingerprint density at radius 2 is 1.65 bits per heavy atom. The lowest BCUT2D eigenvalue weighted by Gasteiger charge is -2.25. The van der Waals surface area contributed by atoms with Gasteiger partial charge in [0.05, 0.1) is 28.5 Å². The quantitative estimate of drug-likeness (QED) is 0.342. The maximum absolute atomic E-state index is 13.9. The van der Waals surface area contributed by atoms with Gasteiger partial charge in [0.1, 0.15) is 0 Å². The summed E-state index contributed by atoms with van der Waals surface area (Å²) in [6, 6.07) is 26.8. The van der Waals surface area contributed by atoms with Gasteiger partial charge in [0, 0.05) is 5.56 Å². The number of esters is 1. The van der Waals surface area contributed by atoms with Crippen molar-refractivity contribution < 1.29 is 9.53 Å². The van der Waals surface area contributed by atoms with Crippen LogP contribution in [0.5, 0.6) is 0 Å². The summed E-state index contributed by atoms with van der Waals surface area (Å²) < 4.78 is 7.69. The van der Waals surface area contributed by atoms with Gasteiger partial charge in [-0.15, -0.1) is 0 Å². The van der Waals surface area contributed by atoms with E-state index in [0.717, 1.165) is 16.7 Å². The number of hydrogen-bond donors (Lipinski definition) is 0. The Kier molecular flexibility index (Phi) is 7.01. The number of aromatic nitrogens is 1. The van der Waals surface area contributed by atoms with Crippen LogP contribution in [0.3, 0.4) is 0 Å². The van der Waals surface area contributed by atoms with E-state index in [2.05, 4.69) is 26.0 Å². The number of hydrogen-bond acceptors (Lipinski definition) is 5. The molecule has 0 aliphatic carbocycles. The van der Waals surface area contributed by atoms with Crippen molar-refractivity contribution in [1.29, 1.82) is 0 Å². The zero-order valence-corrected chi connectivity index (χ0v) is 21.9. The summed E-state index contributed by atoms with van der Waals surface area (Å²) in [5, 5.41) is 0. The third kappa shape index (κ3) is 4.85. The highest BCUT2D eigenvalue weighted by Gasteiger charge is 2.35. The summed E-state index contributed by atoms with van der Waals surface area (Å²) in [5.41, 5.74) is 4.52. The van der Waals surface area contributed by atoms with Crippen LogP contribution in [0.25, 0.3) is 11.8 Å². The fraction of sp³-hybridized carbons (Fsp3) is 0.194. The van der Waals surface area contributed by atoms with Crippen molar-refractivity contribution in [3.05, 3.63) is 132 Å². The monoisotopic (exact) mass is 508 g/mol. The lowest BCUT2D eigenvalue weighted by molar-refractivity contribution is -0.138. The fourth-order valence-corrected chi connectivity index (χ4v) is 5.52. The Bertz CT molecular complexity index is 1630. The molecule has 5 rings (SSSR count). The molecule has 3 aromatic carbocycles. The highest BCUT2D eigenvalue weighted by Crippen LogP contribution is 2.35. The van der Waals surface area contributed by atoms with Crippen LogP contribution in [0, 0.1) is 0 Å². The first-order valence-electron chi connectivity index (χ1n) is 12.4. The Morgan fingerprint density at radius 3 is 2.27 bits per heavy atom. The van der Waals surface area contributed by atoms with Gasteiger partial charge >= 0.3 is 5.97 Å². The number of nitrogens with zero attached hydrogens (tertiary/aromatic N) is 2. The average molecular weight is 509 g/mol. The number of fused-ring (bicyclic) bond motifs is 1. The van der Waals surface area contributed by atoms with Crippen molar-refractivity contribution in [2.24, 2.45) is 4.99 Å². The second kappa shape index (κ2) is 10.5. The Balaban J connectivity index is 1.77. The van der Waals surface area contributed by atoms with E-state index < -0.39 is 12.0 Å². The van der Waals surface area contributed by atoms with Crippen molar-refractivity contribution in [1.82, 2.24) is 4.57 Å². The molecular formula is C31H28N2O3S. The molecule has 0 saturated carbocycles. The molecule has 0 radical (unpaired) electrons. The summed E-state index contributed by atoms with van der Waals surface area (Å²) in [7, 11) is 0. The highest BCUT2D eigenvalue weighted by molar-refractivity contribution is 7.07. The molecule has 1 aromatic heterocycles. The van der Waals surface area contributed by atoms with Crippen LogP contribution in [0.1, 0.15) is 55.0 Å². The highest BCUT2D eigenvalue weighted by atomic mass is 32.1. The van der Waals surface area contributed by atoms with Gasteiger partial charge < -0.3 is 4.74 Å². The zero-order valence-electron chi connectivity index (χ0n) is 21.0. The first kappa shape index (κ1) is 24.7. The average Bonchev–Trinajstić information content (AvgIpc) is 3.23. The molecule has 0 amide bonds. The summed E-state index contributed by atoms with van der Waals surface area (Å²) in [6.07, 6.45) is 1.90. The molecular weight excluding hydrogens is 480 g/mol. The number of carbonyl (C=O) groups excluding carboxylic acids is 1. The van der Waals surface area contributed by atoms with Gasteiger partial charge in [0.15, 0.2) is 4.80 Å². The molecule has 186 valence electrons. The maximum Gasteiger partial charge on any atom is 0.338 e. The van der Waals surface area contributed by atoms with Crippen LogP contribution in [-0.2, 0) is 9.53 Å². The van der Waals surface area contributed by atoms with E-state index in [9.17, 15) is 9.59 Å². The van der Waals surface area contributed by atoms with Gasteiger partial charge in [-0.05, 0) is 35.6 Å². The zero-order chi connectivity index (χ0) is 25.9. The topological polar surface area (TPSA) is 60.7 Å². The summed E-state index contributed by atoms with van der Waals surface area (Å²) in [5.74, 6) is -0.0413. The predicted octanol–water partition coefficient (Wildman–Crippen LogP) is 5.06. The van der Waals surface area contributed by atoms with Crippen LogP contribution in [-0.4, -0.2) is 17.1 Å². The van der Waals surface area contributed by atoms with E-state index in [1.807, 2.05) is 78.9 Å². The number of thiazole rings is 1. The Hall–Kier alpha value is -4.03. The minimum atomic E-state index is -0.655. The largest absolute Gasteiger partial charge is 0.463 e. The molecule has 1 atom stereocenters. The molecule has 0 unspecified atom stereocenters. The van der Waals surface area contributed by atoms with Gasteiger partial charge in [-0.25, -0.2) is 9.79 Å². The van der Waals surface area contributed by atoms with Crippen molar-refractivity contribution >= 4 is 29.1 Å². The predicted molar refractivity (Wildman–Crippen MR) is 148 cm³/mol.